The fourth-order valence-corrected chi connectivity index (χ4v) is 3.69. The van der Waals surface area contributed by atoms with Crippen molar-refractivity contribution in [1.29, 1.82) is 0 Å². The summed E-state index contributed by atoms with van der Waals surface area (Å²) in [7, 11) is 0. The monoisotopic (exact) mass is 420 g/mol. The molecule has 0 aromatic heterocycles. The Bertz CT molecular complexity index is 871. The van der Waals surface area contributed by atoms with Crippen LogP contribution in [0.5, 0.6) is 0 Å². The van der Waals surface area contributed by atoms with Crippen LogP contribution in [-0.2, 0) is 0 Å². The molecule has 5 nitrogen and oxygen atoms in total. The highest BCUT2D eigenvalue weighted by Crippen LogP contribution is 2.34. The maximum atomic E-state index is 13.8. The highest BCUT2D eigenvalue weighted by Gasteiger charge is 2.21. The van der Waals surface area contributed by atoms with Gasteiger partial charge < -0.3 is 15.1 Å². The SMILES string of the molecule is CCN1CCN(c2c(Cl)cccc2NC(=S)NC(=O)c2ccccc2F)CC1. The molecule has 1 heterocycles. The summed E-state index contributed by atoms with van der Waals surface area (Å²) in [5.41, 5.74) is 1.49. The maximum Gasteiger partial charge on any atom is 0.260 e. The number of hydrogen-bond acceptors (Lipinski definition) is 4. The van der Waals surface area contributed by atoms with E-state index in [1.165, 1.54) is 18.2 Å². The van der Waals surface area contributed by atoms with Gasteiger partial charge in [0.05, 0.1) is 22.0 Å². The molecule has 1 saturated heterocycles. The van der Waals surface area contributed by atoms with Crippen molar-refractivity contribution in [2.75, 3.05) is 42.9 Å². The average Bonchev–Trinajstić information content (AvgIpc) is 2.68. The zero-order valence-electron chi connectivity index (χ0n) is 15.5. The molecule has 8 heteroatoms. The van der Waals surface area contributed by atoms with Crippen molar-refractivity contribution in [1.82, 2.24) is 10.2 Å². The number of anilines is 2. The quantitative estimate of drug-likeness (QED) is 0.738. The van der Waals surface area contributed by atoms with Gasteiger partial charge in [-0.2, -0.15) is 0 Å². The number of benzene rings is 2. The summed E-state index contributed by atoms with van der Waals surface area (Å²) in [5.74, 6) is -1.20. The molecule has 0 spiro atoms. The number of amides is 1. The number of likely N-dealkylation sites (N-methyl/N-ethyl adjacent to an activating group) is 1. The molecule has 1 fully saturated rings. The molecule has 0 radical (unpaired) electrons. The van der Waals surface area contributed by atoms with Crippen LogP contribution in [0.15, 0.2) is 42.5 Å². The molecular weight excluding hydrogens is 399 g/mol. The molecule has 0 atom stereocenters. The van der Waals surface area contributed by atoms with Gasteiger partial charge in [-0.05, 0) is 43.0 Å². The predicted octanol–water partition coefficient (Wildman–Crippen LogP) is 3.75. The third-order valence-electron chi connectivity index (χ3n) is 4.72. The van der Waals surface area contributed by atoms with Crippen LogP contribution in [-0.4, -0.2) is 48.6 Å². The Kier molecular flexibility index (Phi) is 6.83. The van der Waals surface area contributed by atoms with Crippen molar-refractivity contribution >= 4 is 46.2 Å². The minimum absolute atomic E-state index is 0.0614. The number of halogens is 2. The van der Waals surface area contributed by atoms with Gasteiger partial charge in [-0.3, -0.25) is 10.1 Å². The van der Waals surface area contributed by atoms with E-state index >= 15 is 0 Å². The fourth-order valence-electron chi connectivity index (χ4n) is 3.19. The summed E-state index contributed by atoms with van der Waals surface area (Å²) in [4.78, 5) is 16.8. The Morgan fingerprint density at radius 3 is 2.54 bits per heavy atom. The van der Waals surface area contributed by atoms with E-state index in [4.69, 9.17) is 23.8 Å². The number of carbonyl (C=O) groups excluding carboxylic acids is 1. The summed E-state index contributed by atoms with van der Waals surface area (Å²) in [5, 5.41) is 6.25. The first-order valence-electron chi connectivity index (χ1n) is 9.12. The normalized spacial score (nSPS) is 14.6. The number of rotatable bonds is 4. The van der Waals surface area contributed by atoms with Crippen LogP contribution in [0.25, 0.3) is 0 Å². The summed E-state index contributed by atoms with van der Waals surface area (Å²) < 4.78 is 13.8. The van der Waals surface area contributed by atoms with Gasteiger partial charge in [0.15, 0.2) is 5.11 Å². The first-order chi connectivity index (χ1) is 13.5. The van der Waals surface area contributed by atoms with Crippen molar-refractivity contribution in [2.24, 2.45) is 0 Å². The summed E-state index contributed by atoms with van der Waals surface area (Å²) in [6, 6.07) is 11.3. The Labute approximate surface area is 174 Å². The van der Waals surface area contributed by atoms with E-state index in [1.807, 2.05) is 18.2 Å². The molecule has 2 aromatic carbocycles. The van der Waals surface area contributed by atoms with Gasteiger partial charge in [-0.1, -0.05) is 36.7 Å². The van der Waals surface area contributed by atoms with Crippen LogP contribution in [0.3, 0.4) is 0 Å². The number of hydrogen-bond donors (Lipinski definition) is 2. The first kappa shape index (κ1) is 20.5. The molecule has 28 heavy (non-hydrogen) atoms. The largest absolute Gasteiger partial charge is 0.366 e. The average molecular weight is 421 g/mol. The third kappa shape index (κ3) is 4.79. The predicted molar refractivity (Wildman–Crippen MR) is 116 cm³/mol. The molecule has 2 aromatic rings. The van der Waals surface area contributed by atoms with E-state index in [0.29, 0.717) is 10.7 Å². The highest BCUT2D eigenvalue weighted by atomic mass is 35.5. The molecule has 3 rings (SSSR count). The standard InChI is InChI=1S/C20H22ClFN4OS/c1-2-25-10-12-26(13-11-25)18-15(21)7-5-9-17(18)23-20(28)24-19(27)14-6-3-4-8-16(14)22/h3-9H,2,10-13H2,1H3,(H2,23,24,27,28). The number of nitrogens with zero attached hydrogens (tertiary/aromatic N) is 2. The van der Waals surface area contributed by atoms with Crippen LogP contribution in [0.2, 0.25) is 5.02 Å². The highest BCUT2D eigenvalue weighted by molar-refractivity contribution is 7.80. The van der Waals surface area contributed by atoms with Crippen molar-refractivity contribution in [3.63, 3.8) is 0 Å². The topological polar surface area (TPSA) is 47.6 Å². The Hall–Kier alpha value is -2.22. The van der Waals surface area contributed by atoms with Crippen molar-refractivity contribution < 1.29 is 9.18 Å². The first-order valence-corrected chi connectivity index (χ1v) is 9.91. The maximum absolute atomic E-state index is 13.8. The van der Waals surface area contributed by atoms with Crippen LogP contribution in [0.4, 0.5) is 15.8 Å². The lowest BCUT2D eigenvalue weighted by Crippen LogP contribution is -2.46. The van der Waals surface area contributed by atoms with Gasteiger partial charge in [0, 0.05) is 26.2 Å². The third-order valence-corrected chi connectivity index (χ3v) is 5.23. The van der Waals surface area contributed by atoms with Gasteiger partial charge >= 0.3 is 0 Å². The summed E-state index contributed by atoms with van der Waals surface area (Å²) in [6.45, 7) is 6.77. The molecule has 1 aliphatic rings. The van der Waals surface area contributed by atoms with Crippen molar-refractivity contribution in [2.45, 2.75) is 6.92 Å². The van der Waals surface area contributed by atoms with E-state index < -0.39 is 11.7 Å². The Morgan fingerprint density at radius 1 is 1.14 bits per heavy atom. The lowest BCUT2D eigenvalue weighted by atomic mass is 10.2. The van der Waals surface area contributed by atoms with Crippen LogP contribution >= 0.6 is 23.8 Å². The molecule has 2 N–H and O–H groups in total. The lowest BCUT2D eigenvalue weighted by molar-refractivity contribution is 0.0974. The second kappa shape index (κ2) is 9.32. The summed E-state index contributed by atoms with van der Waals surface area (Å²) >= 11 is 11.7. The molecule has 0 saturated carbocycles. The Balaban J connectivity index is 1.72. The van der Waals surface area contributed by atoms with E-state index in [2.05, 4.69) is 27.4 Å². The smallest absolute Gasteiger partial charge is 0.260 e. The molecule has 0 unspecified atom stereocenters. The van der Waals surface area contributed by atoms with Crippen molar-refractivity contribution in [3.8, 4) is 0 Å². The number of carbonyl (C=O) groups is 1. The van der Waals surface area contributed by atoms with E-state index in [9.17, 15) is 9.18 Å². The number of nitrogens with one attached hydrogen (secondary N) is 2. The lowest BCUT2D eigenvalue weighted by Gasteiger charge is -2.37. The Morgan fingerprint density at radius 2 is 1.86 bits per heavy atom. The molecule has 1 amide bonds. The zero-order chi connectivity index (χ0) is 20.1. The van der Waals surface area contributed by atoms with Crippen molar-refractivity contribution in [3.05, 3.63) is 58.9 Å². The van der Waals surface area contributed by atoms with E-state index in [1.54, 1.807) is 6.07 Å². The minimum Gasteiger partial charge on any atom is -0.366 e. The molecule has 0 aliphatic carbocycles. The molecular formula is C20H22ClFN4OS. The van der Waals surface area contributed by atoms with Crippen LogP contribution < -0.4 is 15.5 Å². The second-order valence-corrected chi connectivity index (χ2v) is 7.26. The van der Waals surface area contributed by atoms with Gasteiger partial charge in [0.25, 0.3) is 5.91 Å². The molecule has 0 bridgehead atoms. The summed E-state index contributed by atoms with van der Waals surface area (Å²) in [6.07, 6.45) is 0. The van der Waals surface area contributed by atoms with Gasteiger partial charge in [-0.25, -0.2) is 4.39 Å². The molecule has 1 aliphatic heterocycles. The minimum atomic E-state index is -0.601. The van der Waals surface area contributed by atoms with Crippen LogP contribution in [0, 0.1) is 5.82 Å². The fraction of sp³-hybridized carbons (Fsp3) is 0.300. The second-order valence-electron chi connectivity index (χ2n) is 6.45. The number of piperazine rings is 1. The van der Waals surface area contributed by atoms with E-state index in [-0.39, 0.29) is 10.7 Å². The number of thiocarbonyl (C=S) groups is 1. The molecule has 148 valence electrons. The van der Waals surface area contributed by atoms with Gasteiger partial charge in [-0.15, -0.1) is 0 Å². The van der Waals surface area contributed by atoms with E-state index in [0.717, 1.165) is 38.4 Å². The van der Waals surface area contributed by atoms with Gasteiger partial charge in [0.1, 0.15) is 5.82 Å². The zero-order valence-corrected chi connectivity index (χ0v) is 17.1. The van der Waals surface area contributed by atoms with Crippen LogP contribution in [0.1, 0.15) is 17.3 Å². The number of para-hydroxylation sites is 1. The van der Waals surface area contributed by atoms with Gasteiger partial charge in [0.2, 0.25) is 0 Å².